The van der Waals surface area contributed by atoms with Crippen molar-refractivity contribution in [3.63, 3.8) is 0 Å². The lowest BCUT2D eigenvalue weighted by atomic mass is 9.88. The Kier molecular flexibility index (Phi) is 4.47. The number of nitrogens with one attached hydrogen (secondary N) is 1. The molecule has 0 spiro atoms. The number of carbonyl (C=O) groups is 1. The zero-order chi connectivity index (χ0) is 12.3. The second-order valence-electron chi connectivity index (χ2n) is 6.19. The van der Waals surface area contributed by atoms with Crippen molar-refractivity contribution < 1.29 is 4.79 Å². The molecule has 0 heterocycles. The fraction of sp³-hybridized carbons (Fsp3) is 0.933. The minimum absolute atomic E-state index is 0.348. The summed E-state index contributed by atoms with van der Waals surface area (Å²) in [4.78, 5) is 12.2. The molecule has 17 heavy (non-hydrogen) atoms. The molecule has 1 N–H and O–H groups in total. The molecular formula is C15H27NO. The topological polar surface area (TPSA) is 29.1 Å². The first-order valence-corrected chi connectivity index (χ1v) is 7.51. The fourth-order valence-corrected chi connectivity index (χ4v) is 3.69. The van der Waals surface area contributed by atoms with Crippen LogP contribution in [0.5, 0.6) is 0 Å². The van der Waals surface area contributed by atoms with E-state index in [1.807, 2.05) is 0 Å². The lowest BCUT2D eigenvalue weighted by Crippen LogP contribution is -2.39. The van der Waals surface area contributed by atoms with E-state index < -0.39 is 0 Å². The van der Waals surface area contributed by atoms with Crippen molar-refractivity contribution in [3.8, 4) is 0 Å². The predicted molar refractivity (Wildman–Crippen MR) is 70.7 cm³/mol. The Labute approximate surface area is 106 Å². The molecule has 2 heteroatoms. The highest BCUT2D eigenvalue weighted by Gasteiger charge is 2.43. The lowest BCUT2D eigenvalue weighted by molar-refractivity contribution is -0.127. The van der Waals surface area contributed by atoms with Crippen LogP contribution in [0.15, 0.2) is 0 Å². The number of hydrogen-bond acceptors (Lipinski definition) is 1. The van der Waals surface area contributed by atoms with Crippen LogP contribution in [0, 0.1) is 17.8 Å². The summed E-state index contributed by atoms with van der Waals surface area (Å²) < 4.78 is 0. The maximum absolute atomic E-state index is 12.2. The standard InChI is InChI=1S/C15H27NO/c1-3-4-5-6-11(2)16-15(17)14-10-12-7-8-13(14)9-12/h11-14H,3-10H2,1-2H3,(H,16,17)/t11-,12-,13-,14+/m0/s1. The highest BCUT2D eigenvalue weighted by molar-refractivity contribution is 5.79. The molecule has 98 valence electrons. The fourth-order valence-electron chi connectivity index (χ4n) is 3.69. The first kappa shape index (κ1) is 12.9. The van der Waals surface area contributed by atoms with Gasteiger partial charge in [0.05, 0.1) is 0 Å². The molecular weight excluding hydrogens is 210 g/mol. The zero-order valence-corrected chi connectivity index (χ0v) is 11.4. The van der Waals surface area contributed by atoms with Gasteiger partial charge in [-0.2, -0.15) is 0 Å². The summed E-state index contributed by atoms with van der Waals surface area (Å²) in [7, 11) is 0. The van der Waals surface area contributed by atoms with Crippen molar-refractivity contribution in [2.24, 2.45) is 17.8 Å². The van der Waals surface area contributed by atoms with E-state index in [0.717, 1.165) is 18.8 Å². The third kappa shape index (κ3) is 3.23. The first-order chi connectivity index (χ1) is 8.20. The summed E-state index contributed by atoms with van der Waals surface area (Å²) in [6, 6.07) is 0.369. The van der Waals surface area contributed by atoms with Gasteiger partial charge in [-0.25, -0.2) is 0 Å². The van der Waals surface area contributed by atoms with Gasteiger partial charge in [-0.15, -0.1) is 0 Å². The molecule has 2 rings (SSSR count). The molecule has 0 aromatic heterocycles. The molecule has 0 radical (unpaired) electrons. The summed E-state index contributed by atoms with van der Waals surface area (Å²) in [6.45, 7) is 4.37. The monoisotopic (exact) mass is 237 g/mol. The van der Waals surface area contributed by atoms with E-state index in [1.165, 1.54) is 38.5 Å². The van der Waals surface area contributed by atoms with Gasteiger partial charge in [-0.05, 0) is 44.4 Å². The highest BCUT2D eigenvalue weighted by atomic mass is 16.2. The van der Waals surface area contributed by atoms with E-state index in [0.29, 0.717) is 23.8 Å². The Bertz CT molecular complexity index is 264. The van der Waals surface area contributed by atoms with E-state index in [4.69, 9.17) is 0 Å². The van der Waals surface area contributed by atoms with Gasteiger partial charge >= 0.3 is 0 Å². The number of hydrogen-bond donors (Lipinski definition) is 1. The average molecular weight is 237 g/mol. The third-order valence-corrected chi connectivity index (χ3v) is 4.70. The molecule has 2 saturated carbocycles. The molecule has 2 aliphatic rings. The Morgan fingerprint density at radius 3 is 2.71 bits per heavy atom. The van der Waals surface area contributed by atoms with Gasteiger partial charge in [0.1, 0.15) is 0 Å². The minimum atomic E-state index is 0.348. The van der Waals surface area contributed by atoms with Crippen LogP contribution in [-0.2, 0) is 4.79 Å². The molecule has 2 bridgehead atoms. The summed E-state index contributed by atoms with van der Waals surface area (Å²) >= 11 is 0. The molecule has 1 amide bonds. The normalized spacial score (nSPS) is 32.7. The van der Waals surface area contributed by atoms with Gasteiger partial charge in [0, 0.05) is 12.0 Å². The molecule has 0 aromatic rings. The van der Waals surface area contributed by atoms with Gasteiger partial charge < -0.3 is 5.32 Å². The molecule has 2 nitrogen and oxygen atoms in total. The van der Waals surface area contributed by atoms with Gasteiger partial charge in [-0.1, -0.05) is 32.6 Å². The van der Waals surface area contributed by atoms with Gasteiger partial charge in [0.2, 0.25) is 5.91 Å². The van der Waals surface area contributed by atoms with Crippen molar-refractivity contribution in [2.45, 2.75) is 71.3 Å². The van der Waals surface area contributed by atoms with Crippen molar-refractivity contribution in [1.82, 2.24) is 5.32 Å². The van der Waals surface area contributed by atoms with E-state index in [2.05, 4.69) is 19.2 Å². The molecule has 0 aromatic carbocycles. The van der Waals surface area contributed by atoms with E-state index in [-0.39, 0.29) is 0 Å². The second-order valence-corrected chi connectivity index (χ2v) is 6.19. The Morgan fingerprint density at radius 2 is 2.12 bits per heavy atom. The summed E-state index contributed by atoms with van der Waals surface area (Å²) in [6.07, 6.45) is 10.1. The van der Waals surface area contributed by atoms with E-state index in [9.17, 15) is 4.79 Å². The quantitative estimate of drug-likeness (QED) is 0.704. The number of amides is 1. The largest absolute Gasteiger partial charge is 0.353 e. The smallest absolute Gasteiger partial charge is 0.223 e. The SMILES string of the molecule is CCCCC[C@H](C)NC(=O)[C@@H]1C[C@H]2CC[C@H]1C2. The zero-order valence-electron chi connectivity index (χ0n) is 11.4. The van der Waals surface area contributed by atoms with Crippen LogP contribution in [-0.4, -0.2) is 11.9 Å². The van der Waals surface area contributed by atoms with Gasteiger partial charge in [-0.3, -0.25) is 4.79 Å². The summed E-state index contributed by atoms with van der Waals surface area (Å²) in [5.41, 5.74) is 0. The third-order valence-electron chi connectivity index (χ3n) is 4.70. The Morgan fingerprint density at radius 1 is 1.29 bits per heavy atom. The lowest BCUT2D eigenvalue weighted by Gasteiger charge is -2.23. The van der Waals surface area contributed by atoms with Crippen LogP contribution in [0.4, 0.5) is 0 Å². The summed E-state index contributed by atoms with van der Waals surface area (Å²) in [5, 5.41) is 3.23. The van der Waals surface area contributed by atoms with E-state index >= 15 is 0 Å². The number of carbonyl (C=O) groups excluding carboxylic acids is 1. The second kappa shape index (κ2) is 5.88. The maximum Gasteiger partial charge on any atom is 0.223 e. The van der Waals surface area contributed by atoms with Crippen molar-refractivity contribution in [2.75, 3.05) is 0 Å². The van der Waals surface area contributed by atoms with Crippen LogP contribution in [0.25, 0.3) is 0 Å². The van der Waals surface area contributed by atoms with Crippen molar-refractivity contribution >= 4 is 5.91 Å². The molecule has 0 saturated heterocycles. The first-order valence-electron chi connectivity index (χ1n) is 7.51. The number of fused-ring (bicyclic) bond motifs is 2. The average Bonchev–Trinajstić information content (AvgIpc) is 2.91. The highest BCUT2D eigenvalue weighted by Crippen LogP contribution is 2.48. The van der Waals surface area contributed by atoms with Gasteiger partial charge in [0.15, 0.2) is 0 Å². The number of rotatable bonds is 6. The molecule has 2 aliphatic carbocycles. The predicted octanol–water partition coefficient (Wildman–Crippen LogP) is 3.51. The van der Waals surface area contributed by atoms with Crippen LogP contribution in [0.2, 0.25) is 0 Å². The van der Waals surface area contributed by atoms with Crippen LogP contribution in [0.3, 0.4) is 0 Å². The number of unbranched alkanes of at least 4 members (excludes halogenated alkanes) is 2. The molecule has 0 unspecified atom stereocenters. The van der Waals surface area contributed by atoms with Crippen LogP contribution in [0.1, 0.15) is 65.2 Å². The summed E-state index contributed by atoms with van der Waals surface area (Å²) in [5.74, 6) is 2.28. The van der Waals surface area contributed by atoms with Crippen LogP contribution < -0.4 is 5.32 Å². The van der Waals surface area contributed by atoms with Gasteiger partial charge in [0.25, 0.3) is 0 Å². The van der Waals surface area contributed by atoms with Crippen molar-refractivity contribution in [3.05, 3.63) is 0 Å². The van der Waals surface area contributed by atoms with Crippen molar-refractivity contribution in [1.29, 1.82) is 0 Å². The van der Waals surface area contributed by atoms with E-state index in [1.54, 1.807) is 0 Å². The molecule has 4 atom stereocenters. The molecule has 0 aliphatic heterocycles. The Hall–Kier alpha value is -0.530. The maximum atomic E-state index is 12.2. The Balaban J connectivity index is 1.70. The minimum Gasteiger partial charge on any atom is -0.353 e. The van der Waals surface area contributed by atoms with Crippen LogP contribution >= 0.6 is 0 Å². The molecule has 2 fully saturated rings.